The molecule has 0 aliphatic carbocycles. The standard InChI is InChI=1S/C17H18BrClO2/c1-10-8-15(20-3)16(21-4)9-13(10)17(18)12-6-5-7-14(19)11(12)2/h5-9,17H,1-4H3. The first kappa shape index (κ1) is 16.2. The fourth-order valence-corrected chi connectivity index (χ4v) is 3.51. The Labute approximate surface area is 139 Å². The maximum absolute atomic E-state index is 6.23. The molecule has 0 aliphatic heterocycles. The van der Waals surface area contributed by atoms with Gasteiger partial charge in [-0.25, -0.2) is 0 Å². The molecule has 4 heteroatoms. The van der Waals surface area contributed by atoms with Gasteiger partial charge in [0.2, 0.25) is 0 Å². The minimum atomic E-state index is 0.0519. The number of methoxy groups -OCH3 is 2. The van der Waals surface area contributed by atoms with E-state index in [0.717, 1.165) is 38.8 Å². The van der Waals surface area contributed by atoms with Crippen LogP contribution in [0.25, 0.3) is 0 Å². The lowest BCUT2D eigenvalue weighted by Crippen LogP contribution is -2.01. The highest BCUT2D eigenvalue weighted by molar-refractivity contribution is 9.09. The van der Waals surface area contributed by atoms with Gasteiger partial charge in [0.05, 0.1) is 19.0 Å². The van der Waals surface area contributed by atoms with Gasteiger partial charge in [-0.2, -0.15) is 0 Å². The molecule has 0 saturated carbocycles. The van der Waals surface area contributed by atoms with Crippen molar-refractivity contribution in [1.29, 1.82) is 0 Å². The lowest BCUT2D eigenvalue weighted by molar-refractivity contribution is 0.354. The van der Waals surface area contributed by atoms with E-state index in [9.17, 15) is 0 Å². The van der Waals surface area contributed by atoms with Crippen LogP contribution in [0.15, 0.2) is 30.3 Å². The Morgan fingerprint density at radius 1 is 1.00 bits per heavy atom. The minimum Gasteiger partial charge on any atom is -0.493 e. The van der Waals surface area contributed by atoms with Crippen LogP contribution in [-0.4, -0.2) is 14.2 Å². The second-order valence-electron chi connectivity index (χ2n) is 4.88. The van der Waals surface area contributed by atoms with Crippen molar-refractivity contribution in [1.82, 2.24) is 0 Å². The maximum atomic E-state index is 6.23. The van der Waals surface area contributed by atoms with Crippen LogP contribution in [0.5, 0.6) is 11.5 Å². The molecule has 0 amide bonds. The zero-order valence-corrected chi connectivity index (χ0v) is 14.9. The molecular weight excluding hydrogens is 352 g/mol. The lowest BCUT2D eigenvalue weighted by Gasteiger charge is -2.19. The molecule has 0 heterocycles. The molecule has 1 unspecified atom stereocenters. The van der Waals surface area contributed by atoms with Crippen LogP contribution in [0.3, 0.4) is 0 Å². The average Bonchev–Trinajstić information content (AvgIpc) is 2.49. The monoisotopic (exact) mass is 368 g/mol. The van der Waals surface area contributed by atoms with E-state index in [0.29, 0.717) is 0 Å². The molecule has 2 aromatic rings. The first-order valence-corrected chi connectivity index (χ1v) is 7.90. The van der Waals surface area contributed by atoms with E-state index < -0.39 is 0 Å². The molecule has 2 nitrogen and oxygen atoms in total. The Bertz CT molecular complexity index is 655. The highest BCUT2D eigenvalue weighted by atomic mass is 79.9. The Hall–Kier alpha value is -1.19. The van der Waals surface area contributed by atoms with Gasteiger partial charge in [-0.05, 0) is 54.3 Å². The first-order valence-electron chi connectivity index (χ1n) is 6.61. The van der Waals surface area contributed by atoms with Crippen LogP contribution in [0, 0.1) is 13.8 Å². The second kappa shape index (κ2) is 6.71. The number of aryl methyl sites for hydroxylation is 1. The number of alkyl halides is 1. The summed E-state index contributed by atoms with van der Waals surface area (Å²) < 4.78 is 10.7. The summed E-state index contributed by atoms with van der Waals surface area (Å²) in [4.78, 5) is 0.0519. The van der Waals surface area contributed by atoms with Crippen molar-refractivity contribution in [2.24, 2.45) is 0 Å². The highest BCUT2D eigenvalue weighted by Gasteiger charge is 2.18. The van der Waals surface area contributed by atoms with Gasteiger partial charge in [0, 0.05) is 5.02 Å². The minimum absolute atomic E-state index is 0.0519. The van der Waals surface area contributed by atoms with Gasteiger partial charge in [-0.3, -0.25) is 0 Å². The number of rotatable bonds is 4. The van der Waals surface area contributed by atoms with Crippen molar-refractivity contribution in [2.45, 2.75) is 18.7 Å². The third kappa shape index (κ3) is 3.19. The Morgan fingerprint density at radius 3 is 2.24 bits per heavy atom. The molecule has 0 saturated heterocycles. The van der Waals surface area contributed by atoms with Gasteiger partial charge in [0.15, 0.2) is 11.5 Å². The lowest BCUT2D eigenvalue weighted by atomic mass is 9.96. The third-order valence-electron chi connectivity index (χ3n) is 3.63. The molecule has 0 radical (unpaired) electrons. The predicted molar refractivity (Wildman–Crippen MR) is 91.2 cm³/mol. The zero-order valence-electron chi connectivity index (χ0n) is 12.5. The molecular formula is C17H18BrClO2. The third-order valence-corrected chi connectivity index (χ3v) is 5.02. The molecule has 0 bridgehead atoms. The van der Waals surface area contributed by atoms with E-state index in [1.165, 1.54) is 0 Å². The largest absolute Gasteiger partial charge is 0.493 e. The molecule has 112 valence electrons. The van der Waals surface area contributed by atoms with Crippen LogP contribution < -0.4 is 9.47 Å². The van der Waals surface area contributed by atoms with Gasteiger partial charge in [0.25, 0.3) is 0 Å². The summed E-state index contributed by atoms with van der Waals surface area (Å²) in [5.41, 5.74) is 4.50. The van der Waals surface area contributed by atoms with Crippen LogP contribution in [0.1, 0.15) is 27.1 Å². The summed E-state index contributed by atoms with van der Waals surface area (Å²) >= 11 is 10.0. The highest BCUT2D eigenvalue weighted by Crippen LogP contribution is 2.40. The Balaban J connectivity index is 2.53. The van der Waals surface area contributed by atoms with Crippen LogP contribution in [0.4, 0.5) is 0 Å². The summed E-state index contributed by atoms with van der Waals surface area (Å²) in [5, 5.41) is 0.773. The molecule has 1 atom stereocenters. The van der Waals surface area contributed by atoms with Crippen molar-refractivity contribution in [2.75, 3.05) is 14.2 Å². The van der Waals surface area contributed by atoms with Crippen molar-refractivity contribution in [3.63, 3.8) is 0 Å². The van der Waals surface area contributed by atoms with Gasteiger partial charge >= 0.3 is 0 Å². The zero-order chi connectivity index (χ0) is 15.6. The topological polar surface area (TPSA) is 18.5 Å². The average molecular weight is 370 g/mol. The Morgan fingerprint density at radius 2 is 1.62 bits per heavy atom. The van der Waals surface area contributed by atoms with Gasteiger partial charge in [0.1, 0.15) is 0 Å². The normalized spacial score (nSPS) is 12.1. The van der Waals surface area contributed by atoms with Crippen molar-refractivity contribution in [3.8, 4) is 11.5 Å². The second-order valence-corrected chi connectivity index (χ2v) is 6.20. The SMILES string of the molecule is COc1cc(C)c(C(Br)c2cccc(Cl)c2C)cc1OC. The van der Waals surface area contributed by atoms with E-state index in [1.807, 2.05) is 31.2 Å². The van der Waals surface area contributed by atoms with Crippen LogP contribution >= 0.6 is 27.5 Å². The number of ether oxygens (including phenoxy) is 2. The summed E-state index contributed by atoms with van der Waals surface area (Å²) in [6.45, 7) is 4.09. The molecule has 0 aromatic heterocycles. The molecule has 0 spiro atoms. The summed E-state index contributed by atoms with van der Waals surface area (Å²) in [6, 6.07) is 9.95. The van der Waals surface area contributed by atoms with Gasteiger partial charge < -0.3 is 9.47 Å². The van der Waals surface area contributed by atoms with Gasteiger partial charge in [-0.1, -0.05) is 39.7 Å². The van der Waals surface area contributed by atoms with Crippen molar-refractivity contribution < 1.29 is 9.47 Å². The molecule has 0 N–H and O–H groups in total. The molecule has 2 aromatic carbocycles. The molecule has 0 aliphatic rings. The van der Waals surface area contributed by atoms with E-state index in [2.05, 4.69) is 28.9 Å². The number of halogens is 2. The fourth-order valence-electron chi connectivity index (χ4n) is 2.34. The summed E-state index contributed by atoms with van der Waals surface area (Å²) in [6.07, 6.45) is 0. The number of hydrogen-bond acceptors (Lipinski definition) is 2. The molecule has 21 heavy (non-hydrogen) atoms. The van der Waals surface area contributed by atoms with Gasteiger partial charge in [-0.15, -0.1) is 0 Å². The van der Waals surface area contributed by atoms with E-state index in [-0.39, 0.29) is 4.83 Å². The number of benzene rings is 2. The Kier molecular flexibility index (Phi) is 5.17. The summed E-state index contributed by atoms with van der Waals surface area (Å²) in [5.74, 6) is 1.46. The summed E-state index contributed by atoms with van der Waals surface area (Å²) in [7, 11) is 3.29. The first-order chi connectivity index (χ1) is 9.99. The van der Waals surface area contributed by atoms with Crippen molar-refractivity contribution >= 4 is 27.5 Å². The fraction of sp³-hybridized carbons (Fsp3) is 0.294. The molecule has 2 rings (SSSR count). The van der Waals surface area contributed by atoms with Crippen molar-refractivity contribution in [3.05, 3.63) is 57.6 Å². The molecule has 0 fully saturated rings. The smallest absolute Gasteiger partial charge is 0.161 e. The van der Waals surface area contributed by atoms with E-state index in [4.69, 9.17) is 21.1 Å². The van der Waals surface area contributed by atoms with E-state index >= 15 is 0 Å². The maximum Gasteiger partial charge on any atom is 0.161 e. The predicted octanol–water partition coefficient (Wildman–Crippen LogP) is 5.46. The van der Waals surface area contributed by atoms with Crippen LogP contribution in [-0.2, 0) is 0 Å². The van der Waals surface area contributed by atoms with Crippen LogP contribution in [0.2, 0.25) is 5.02 Å². The quantitative estimate of drug-likeness (QED) is 0.666. The number of hydrogen-bond donors (Lipinski definition) is 0. The van der Waals surface area contributed by atoms with E-state index in [1.54, 1.807) is 14.2 Å².